The van der Waals surface area contributed by atoms with E-state index >= 15 is 0 Å². The van der Waals surface area contributed by atoms with Crippen molar-refractivity contribution in [3.05, 3.63) is 87.9 Å². The van der Waals surface area contributed by atoms with E-state index < -0.39 is 0 Å². The van der Waals surface area contributed by atoms with E-state index in [2.05, 4.69) is 60.9 Å². The van der Waals surface area contributed by atoms with Crippen molar-refractivity contribution in [2.24, 2.45) is 5.73 Å². The molecule has 2 atom stereocenters. The number of hydrogen-bond donors (Lipinski definition) is 1. The van der Waals surface area contributed by atoms with Crippen LogP contribution in [0.1, 0.15) is 83.3 Å². The van der Waals surface area contributed by atoms with Gasteiger partial charge in [-0.2, -0.15) is 0 Å². The third-order valence-electron chi connectivity index (χ3n) is 9.18. The van der Waals surface area contributed by atoms with Crippen molar-refractivity contribution in [1.29, 1.82) is 0 Å². The Labute approximate surface area is 289 Å². The molecule has 8 heteroatoms. The first-order chi connectivity index (χ1) is 23.0. The zero-order chi connectivity index (χ0) is 33.3. The molecule has 0 aromatic heterocycles. The van der Waals surface area contributed by atoms with Crippen LogP contribution in [0.15, 0.2) is 71.8 Å². The standard InChI is InChI=1S/C39H58ClN3O4/c1-4-7-24-43(30-32-13-17-35(18-14-32)46-27-21-31-11-15-33(40)16-12-31)37-20-19-36(45-26-9-23-42(5-2)6-3)29-38(39(37)41)47-28-22-34-10-8-25-44-34/h11-18,29,34,36H,4-10,19-28,30,41H2,1-3H3. The number of benzene rings is 2. The molecule has 0 amide bonds. The Kier molecular flexibility index (Phi) is 16.3. The first kappa shape index (κ1) is 37.1. The van der Waals surface area contributed by atoms with Crippen LogP contribution in [0.4, 0.5) is 0 Å². The fourth-order valence-corrected chi connectivity index (χ4v) is 6.35. The molecule has 260 valence electrons. The average molecular weight is 668 g/mol. The lowest BCUT2D eigenvalue weighted by atomic mass is 10.1. The fourth-order valence-electron chi connectivity index (χ4n) is 6.23. The van der Waals surface area contributed by atoms with Crippen molar-refractivity contribution in [3.63, 3.8) is 0 Å². The monoisotopic (exact) mass is 667 g/mol. The molecular formula is C39H58ClN3O4. The van der Waals surface area contributed by atoms with Gasteiger partial charge in [-0.1, -0.05) is 63.1 Å². The summed E-state index contributed by atoms with van der Waals surface area (Å²) in [5.74, 6) is 1.64. The lowest BCUT2D eigenvalue weighted by molar-refractivity contribution is 0.0649. The van der Waals surface area contributed by atoms with Crippen LogP contribution in [0.25, 0.3) is 0 Å². The summed E-state index contributed by atoms with van der Waals surface area (Å²) < 4.78 is 24.8. The van der Waals surface area contributed by atoms with Gasteiger partial charge in [-0.25, -0.2) is 0 Å². The zero-order valence-electron chi connectivity index (χ0n) is 29.1. The van der Waals surface area contributed by atoms with Crippen LogP contribution in [0.5, 0.6) is 5.75 Å². The molecule has 4 rings (SSSR count). The Balaban J connectivity index is 1.41. The summed E-state index contributed by atoms with van der Waals surface area (Å²) in [5.41, 5.74) is 11.3. The molecule has 47 heavy (non-hydrogen) atoms. The Morgan fingerprint density at radius 1 is 0.872 bits per heavy atom. The summed E-state index contributed by atoms with van der Waals surface area (Å²) in [5, 5.41) is 0.753. The molecule has 1 fully saturated rings. The van der Waals surface area contributed by atoms with Crippen molar-refractivity contribution in [1.82, 2.24) is 9.80 Å². The smallest absolute Gasteiger partial charge is 0.142 e. The summed E-state index contributed by atoms with van der Waals surface area (Å²) in [6, 6.07) is 16.4. The van der Waals surface area contributed by atoms with E-state index in [4.69, 9.17) is 36.3 Å². The SMILES string of the molecule is CCCCN(Cc1ccc(OCCc2ccc(Cl)cc2)cc1)C1=C(N)C(OCCC2CCCO2)=CC(OCCCN(CC)CC)CC1. The fraction of sp³-hybridized carbons (Fsp3) is 0.590. The topological polar surface area (TPSA) is 69.4 Å². The van der Waals surface area contributed by atoms with Gasteiger partial charge in [0.25, 0.3) is 0 Å². The summed E-state index contributed by atoms with van der Waals surface area (Å²) in [4.78, 5) is 4.89. The van der Waals surface area contributed by atoms with E-state index in [1.807, 2.05) is 24.3 Å². The second kappa shape index (κ2) is 20.6. The predicted octanol–water partition coefficient (Wildman–Crippen LogP) is 8.11. The van der Waals surface area contributed by atoms with E-state index in [9.17, 15) is 0 Å². The molecule has 2 aliphatic rings. The highest BCUT2D eigenvalue weighted by Crippen LogP contribution is 2.29. The van der Waals surface area contributed by atoms with Crippen LogP contribution in [0.2, 0.25) is 5.02 Å². The van der Waals surface area contributed by atoms with Gasteiger partial charge in [0.1, 0.15) is 11.5 Å². The molecule has 1 aliphatic carbocycles. The molecule has 1 heterocycles. The predicted molar refractivity (Wildman–Crippen MR) is 193 cm³/mol. The average Bonchev–Trinajstić information content (AvgIpc) is 3.56. The molecule has 1 aliphatic heterocycles. The molecule has 2 aromatic carbocycles. The molecule has 0 spiro atoms. The van der Waals surface area contributed by atoms with Crippen LogP contribution in [0, 0.1) is 0 Å². The first-order valence-electron chi connectivity index (χ1n) is 18.0. The zero-order valence-corrected chi connectivity index (χ0v) is 29.8. The Bertz CT molecular complexity index is 1220. The highest BCUT2D eigenvalue weighted by atomic mass is 35.5. The second-order valence-corrected chi connectivity index (χ2v) is 13.1. The Morgan fingerprint density at radius 3 is 2.34 bits per heavy atom. The highest BCUT2D eigenvalue weighted by Gasteiger charge is 2.24. The minimum absolute atomic E-state index is 0.0298. The van der Waals surface area contributed by atoms with Gasteiger partial charge in [-0.15, -0.1) is 0 Å². The molecule has 2 N–H and O–H groups in total. The van der Waals surface area contributed by atoms with Crippen molar-refractivity contribution in [2.45, 2.75) is 97.3 Å². The summed E-state index contributed by atoms with van der Waals surface area (Å²) in [6.07, 6.45) is 11.3. The molecule has 0 saturated carbocycles. The Morgan fingerprint density at radius 2 is 1.64 bits per heavy atom. The van der Waals surface area contributed by atoms with E-state index in [1.54, 1.807) is 0 Å². The maximum absolute atomic E-state index is 7.00. The van der Waals surface area contributed by atoms with Gasteiger partial charge in [0.05, 0.1) is 31.1 Å². The molecule has 0 bridgehead atoms. The quantitative estimate of drug-likeness (QED) is 0.135. The lowest BCUT2D eigenvalue weighted by Gasteiger charge is -2.29. The second-order valence-electron chi connectivity index (χ2n) is 12.6. The van der Waals surface area contributed by atoms with Gasteiger partial charge in [-0.05, 0) is 93.1 Å². The summed E-state index contributed by atoms with van der Waals surface area (Å²) in [6.45, 7) is 14.4. The van der Waals surface area contributed by atoms with Crippen LogP contribution in [-0.2, 0) is 27.2 Å². The van der Waals surface area contributed by atoms with Crippen LogP contribution in [0.3, 0.4) is 0 Å². The molecule has 1 saturated heterocycles. The molecule has 2 aromatic rings. The number of nitrogens with two attached hydrogens (primary N) is 1. The number of ether oxygens (including phenoxy) is 4. The third-order valence-corrected chi connectivity index (χ3v) is 9.43. The number of halogens is 1. The van der Waals surface area contributed by atoms with Crippen molar-refractivity contribution in [2.75, 3.05) is 52.6 Å². The molecular weight excluding hydrogens is 610 g/mol. The lowest BCUT2D eigenvalue weighted by Crippen LogP contribution is -2.27. The summed E-state index contributed by atoms with van der Waals surface area (Å²) >= 11 is 6.02. The van der Waals surface area contributed by atoms with Gasteiger partial charge in [0.15, 0.2) is 0 Å². The van der Waals surface area contributed by atoms with Gasteiger partial charge >= 0.3 is 0 Å². The highest BCUT2D eigenvalue weighted by molar-refractivity contribution is 6.30. The Hall–Kier alpha value is -2.71. The minimum atomic E-state index is -0.0298. The van der Waals surface area contributed by atoms with Gasteiger partial charge in [0.2, 0.25) is 0 Å². The largest absolute Gasteiger partial charge is 0.493 e. The molecule has 7 nitrogen and oxygen atoms in total. The number of unbranched alkanes of at least 4 members (excludes halogenated alkanes) is 1. The normalized spacial score (nSPS) is 18.4. The number of rotatable bonds is 21. The number of nitrogens with zero attached hydrogens (tertiary/aromatic N) is 2. The van der Waals surface area contributed by atoms with E-state index in [0.29, 0.717) is 13.2 Å². The van der Waals surface area contributed by atoms with Crippen LogP contribution >= 0.6 is 11.6 Å². The van der Waals surface area contributed by atoms with Gasteiger partial charge in [-0.3, -0.25) is 0 Å². The maximum atomic E-state index is 7.00. The van der Waals surface area contributed by atoms with Crippen LogP contribution < -0.4 is 10.5 Å². The number of hydrogen-bond acceptors (Lipinski definition) is 7. The van der Waals surface area contributed by atoms with E-state index in [0.717, 1.165) is 132 Å². The molecule has 0 radical (unpaired) electrons. The number of allylic oxidation sites excluding steroid dienone is 1. The summed E-state index contributed by atoms with van der Waals surface area (Å²) in [7, 11) is 0. The van der Waals surface area contributed by atoms with Crippen molar-refractivity contribution in [3.8, 4) is 5.75 Å². The van der Waals surface area contributed by atoms with Crippen molar-refractivity contribution < 1.29 is 18.9 Å². The molecule has 2 unspecified atom stereocenters. The maximum Gasteiger partial charge on any atom is 0.142 e. The minimum Gasteiger partial charge on any atom is -0.493 e. The first-order valence-corrected chi connectivity index (χ1v) is 18.4. The van der Waals surface area contributed by atoms with Gasteiger partial charge in [0, 0.05) is 56.4 Å². The van der Waals surface area contributed by atoms with Crippen LogP contribution in [-0.4, -0.2) is 74.6 Å². The van der Waals surface area contributed by atoms with Crippen molar-refractivity contribution >= 4 is 11.6 Å². The van der Waals surface area contributed by atoms with E-state index in [-0.39, 0.29) is 12.2 Å². The van der Waals surface area contributed by atoms with Gasteiger partial charge < -0.3 is 34.5 Å². The van der Waals surface area contributed by atoms with E-state index in [1.165, 1.54) is 11.1 Å². The third kappa shape index (κ3) is 12.7.